The number of nitrogens with zero attached hydrogens (tertiary/aromatic N) is 4. The van der Waals surface area contributed by atoms with E-state index in [9.17, 15) is 22.8 Å². The van der Waals surface area contributed by atoms with Crippen LogP contribution in [0, 0.1) is 0 Å². The van der Waals surface area contributed by atoms with Crippen LogP contribution in [0.25, 0.3) is 0 Å². The number of amides is 3. The molecule has 0 spiro atoms. The molecule has 3 heterocycles. The average Bonchev–Trinajstić information content (AvgIpc) is 3.49. The molecule has 36 heavy (non-hydrogen) atoms. The molecule has 0 bridgehead atoms. The fourth-order valence-corrected chi connectivity index (χ4v) is 4.75. The summed E-state index contributed by atoms with van der Waals surface area (Å²) in [5, 5.41) is 10.3. The molecule has 0 unspecified atom stereocenters. The molecule has 3 aliphatic rings. The molecule has 3 amide bonds. The first kappa shape index (κ1) is 27.5. The third-order valence-electron chi connectivity index (χ3n) is 6.70. The van der Waals surface area contributed by atoms with E-state index in [-0.39, 0.29) is 11.9 Å². The Labute approximate surface area is 208 Å². The van der Waals surface area contributed by atoms with E-state index in [0.717, 1.165) is 68.7 Å². The number of halogens is 3. The van der Waals surface area contributed by atoms with Gasteiger partial charge in [-0.2, -0.15) is 13.2 Å². The summed E-state index contributed by atoms with van der Waals surface area (Å²) in [6, 6.07) is 2.42. The molecule has 0 aromatic carbocycles. The van der Waals surface area contributed by atoms with Crippen LogP contribution in [0.1, 0.15) is 60.1 Å². The first-order chi connectivity index (χ1) is 17.0. The van der Waals surface area contributed by atoms with Gasteiger partial charge in [0.1, 0.15) is 5.82 Å². The van der Waals surface area contributed by atoms with Crippen LogP contribution in [-0.4, -0.2) is 90.3 Å². The van der Waals surface area contributed by atoms with E-state index in [2.05, 4.69) is 5.32 Å². The van der Waals surface area contributed by atoms with Crippen LogP contribution >= 0.6 is 0 Å². The van der Waals surface area contributed by atoms with Gasteiger partial charge in [-0.15, -0.1) is 0 Å². The summed E-state index contributed by atoms with van der Waals surface area (Å²) in [7, 11) is 3.88. The third kappa shape index (κ3) is 7.01. The highest BCUT2D eigenvalue weighted by molar-refractivity contribution is 5.99. The first-order valence-corrected chi connectivity index (χ1v) is 12.3. The molecule has 12 heteroatoms. The number of carboxylic acid groups (broad SMARTS) is 1. The number of fused-ring (bicyclic) bond motifs is 1. The van der Waals surface area contributed by atoms with Gasteiger partial charge in [0.05, 0.1) is 5.56 Å². The molecule has 4 rings (SSSR count). The molecule has 1 aromatic heterocycles. The Morgan fingerprint density at radius 1 is 1.00 bits per heavy atom. The Balaban J connectivity index is 0.000000454. The van der Waals surface area contributed by atoms with E-state index in [4.69, 9.17) is 14.9 Å². The number of alkyl halides is 3. The highest BCUT2D eigenvalue weighted by Crippen LogP contribution is 2.26. The van der Waals surface area contributed by atoms with Crippen molar-refractivity contribution in [2.24, 2.45) is 0 Å². The molecule has 1 saturated heterocycles. The number of aromatic nitrogens is 1. The van der Waals surface area contributed by atoms with Crippen LogP contribution in [-0.2, 0) is 17.6 Å². The van der Waals surface area contributed by atoms with Gasteiger partial charge in [-0.1, -0.05) is 12.8 Å². The number of hydrogen-bond donors (Lipinski definition) is 2. The standard InChI is InChI=1S/C22H33N5O2.C2HF3O2/c1-25(2)20-18(21(28)26-11-5-6-12-26)15-16-9-13-27(14-10-19(16)24-20)22(29)23-17-7-3-4-8-17;3-2(4,5)1(6)7/h15,17H,3-14H2,1-2H3,(H,23,29);(H,6,7). The number of likely N-dealkylation sites (tertiary alicyclic amines) is 1. The minimum absolute atomic E-state index is 0.0471. The van der Waals surface area contributed by atoms with Gasteiger partial charge in [0, 0.05) is 58.4 Å². The number of hydrogen-bond acceptors (Lipinski definition) is 5. The van der Waals surface area contributed by atoms with Gasteiger partial charge in [0.2, 0.25) is 0 Å². The number of aliphatic carboxylic acids is 1. The van der Waals surface area contributed by atoms with E-state index in [1.807, 2.05) is 34.9 Å². The second-order valence-corrected chi connectivity index (χ2v) is 9.58. The van der Waals surface area contributed by atoms with E-state index >= 15 is 0 Å². The van der Waals surface area contributed by atoms with Crippen molar-refractivity contribution in [1.29, 1.82) is 0 Å². The van der Waals surface area contributed by atoms with E-state index < -0.39 is 12.1 Å². The van der Waals surface area contributed by atoms with Gasteiger partial charge in [0.15, 0.2) is 0 Å². The number of pyridine rings is 1. The van der Waals surface area contributed by atoms with Crippen LogP contribution in [0.15, 0.2) is 6.07 Å². The number of carboxylic acids is 1. The minimum Gasteiger partial charge on any atom is -0.475 e. The zero-order valence-corrected chi connectivity index (χ0v) is 20.7. The minimum atomic E-state index is -5.08. The van der Waals surface area contributed by atoms with Crippen LogP contribution in [0.4, 0.5) is 23.8 Å². The summed E-state index contributed by atoms with van der Waals surface area (Å²) in [6.45, 7) is 3.01. The summed E-state index contributed by atoms with van der Waals surface area (Å²) in [6.07, 6.45) is 3.15. The fraction of sp³-hybridized carbons (Fsp3) is 0.667. The monoisotopic (exact) mass is 513 g/mol. The number of anilines is 1. The third-order valence-corrected chi connectivity index (χ3v) is 6.70. The SMILES string of the molecule is CN(C)c1nc2c(cc1C(=O)N1CCCC1)CCN(C(=O)NC1CCCC1)CC2.O=C(O)C(F)(F)F. The van der Waals surface area contributed by atoms with Crippen molar-refractivity contribution in [3.8, 4) is 0 Å². The number of carbonyl (C=O) groups excluding carboxylic acids is 2. The molecule has 2 fully saturated rings. The molecule has 9 nitrogen and oxygen atoms in total. The lowest BCUT2D eigenvalue weighted by molar-refractivity contribution is -0.192. The lowest BCUT2D eigenvalue weighted by atomic mass is 10.0. The number of carbonyl (C=O) groups is 3. The van der Waals surface area contributed by atoms with Crippen LogP contribution in [0.2, 0.25) is 0 Å². The maximum absolute atomic E-state index is 13.1. The summed E-state index contributed by atoms with van der Waals surface area (Å²) in [4.78, 5) is 45.4. The molecule has 200 valence electrons. The van der Waals surface area contributed by atoms with Crippen molar-refractivity contribution in [2.45, 2.75) is 63.6 Å². The van der Waals surface area contributed by atoms with Crippen LogP contribution in [0.5, 0.6) is 0 Å². The Morgan fingerprint density at radius 2 is 1.58 bits per heavy atom. The predicted molar refractivity (Wildman–Crippen MR) is 127 cm³/mol. The molecule has 2 N–H and O–H groups in total. The molecule has 0 atom stereocenters. The maximum atomic E-state index is 13.1. The van der Waals surface area contributed by atoms with Crippen molar-refractivity contribution >= 4 is 23.7 Å². The van der Waals surface area contributed by atoms with E-state index in [1.165, 1.54) is 12.8 Å². The predicted octanol–water partition coefficient (Wildman–Crippen LogP) is 3.07. The van der Waals surface area contributed by atoms with Crippen molar-refractivity contribution in [2.75, 3.05) is 45.2 Å². The smallest absolute Gasteiger partial charge is 0.475 e. The molecule has 2 aliphatic heterocycles. The summed E-state index contributed by atoms with van der Waals surface area (Å²) < 4.78 is 31.7. The normalized spacial score (nSPS) is 18.1. The van der Waals surface area contributed by atoms with Crippen molar-refractivity contribution in [1.82, 2.24) is 20.1 Å². The second-order valence-electron chi connectivity index (χ2n) is 9.58. The van der Waals surface area contributed by atoms with Crippen molar-refractivity contribution in [3.63, 3.8) is 0 Å². The largest absolute Gasteiger partial charge is 0.490 e. The molecule has 1 aromatic rings. The summed E-state index contributed by atoms with van der Waals surface area (Å²) >= 11 is 0. The maximum Gasteiger partial charge on any atom is 0.490 e. The van der Waals surface area contributed by atoms with Gasteiger partial charge < -0.3 is 25.1 Å². The van der Waals surface area contributed by atoms with E-state index in [1.54, 1.807) is 0 Å². The molecule has 1 saturated carbocycles. The Hall–Kier alpha value is -3.05. The van der Waals surface area contributed by atoms with Crippen LogP contribution in [0.3, 0.4) is 0 Å². The highest BCUT2D eigenvalue weighted by Gasteiger charge is 2.38. The highest BCUT2D eigenvalue weighted by atomic mass is 19.4. The number of rotatable bonds is 3. The topological polar surface area (TPSA) is 106 Å². The number of nitrogens with one attached hydrogen (secondary N) is 1. The zero-order valence-electron chi connectivity index (χ0n) is 20.7. The Kier molecular flexibility index (Phi) is 9.02. The molecular formula is C24H34F3N5O4. The van der Waals surface area contributed by atoms with Crippen molar-refractivity contribution < 1.29 is 32.7 Å². The first-order valence-electron chi connectivity index (χ1n) is 12.3. The van der Waals surface area contributed by atoms with Crippen molar-refractivity contribution in [3.05, 3.63) is 22.9 Å². The second kappa shape index (κ2) is 11.8. The Bertz CT molecular complexity index is 958. The average molecular weight is 514 g/mol. The summed E-state index contributed by atoms with van der Waals surface area (Å²) in [5.74, 6) is -1.93. The lowest BCUT2D eigenvalue weighted by Crippen LogP contribution is -2.45. The van der Waals surface area contributed by atoms with Gasteiger partial charge in [-0.25, -0.2) is 14.6 Å². The number of urea groups is 1. The van der Waals surface area contributed by atoms with Gasteiger partial charge >= 0.3 is 18.2 Å². The quantitative estimate of drug-likeness (QED) is 0.644. The zero-order chi connectivity index (χ0) is 26.5. The molecule has 0 radical (unpaired) electrons. The molecular weight excluding hydrogens is 479 g/mol. The van der Waals surface area contributed by atoms with Gasteiger partial charge in [-0.05, 0) is 43.7 Å². The van der Waals surface area contributed by atoms with Gasteiger partial charge in [-0.3, -0.25) is 4.79 Å². The lowest BCUT2D eigenvalue weighted by Gasteiger charge is -2.23. The Morgan fingerprint density at radius 3 is 2.14 bits per heavy atom. The van der Waals surface area contributed by atoms with Gasteiger partial charge in [0.25, 0.3) is 5.91 Å². The summed E-state index contributed by atoms with van der Waals surface area (Å²) in [5.41, 5.74) is 2.82. The van der Waals surface area contributed by atoms with Crippen LogP contribution < -0.4 is 10.2 Å². The fourth-order valence-electron chi connectivity index (χ4n) is 4.75. The van der Waals surface area contributed by atoms with E-state index in [0.29, 0.717) is 24.7 Å². The molecule has 1 aliphatic carbocycles.